The molecule has 1 heterocycles. The van der Waals surface area contributed by atoms with Crippen LogP contribution >= 0.6 is 11.8 Å². The van der Waals surface area contributed by atoms with Gasteiger partial charge in [-0.1, -0.05) is 31.2 Å². The summed E-state index contributed by atoms with van der Waals surface area (Å²) >= 11 is 2.04. The largest absolute Gasteiger partial charge is 0.384 e. The van der Waals surface area contributed by atoms with Crippen molar-refractivity contribution in [2.45, 2.75) is 25.1 Å². The van der Waals surface area contributed by atoms with E-state index in [4.69, 9.17) is 11.1 Å². The number of rotatable bonds is 2. The van der Waals surface area contributed by atoms with E-state index in [0.29, 0.717) is 11.3 Å². The van der Waals surface area contributed by atoms with Gasteiger partial charge in [0.25, 0.3) is 0 Å². The Balaban J connectivity index is 2.16. The fourth-order valence-corrected chi connectivity index (χ4v) is 4.14. The van der Waals surface area contributed by atoms with Crippen molar-refractivity contribution < 1.29 is 0 Å². The highest BCUT2D eigenvalue weighted by atomic mass is 32.2. The molecule has 2 aromatic rings. The fourth-order valence-electron chi connectivity index (χ4n) is 3.04. The van der Waals surface area contributed by atoms with Gasteiger partial charge in [-0.05, 0) is 24.4 Å². The van der Waals surface area contributed by atoms with E-state index in [0.717, 1.165) is 23.2 Å². The molecular formula is C17H21N3S. The van der Waals surface area contributed by atoms with Crippen molar-refractivity contribution in [2.75, 3.05) is 17.2 Å². The Kier molecular flexibility index (Phi) is 3.81. The zero-order valence-electron chi connectivity index (χ0n) is 12.5. The quantitative estimate of drug-likeness (QED) is 0.659. The predicted molar refractivity (Wildman–Crippen MR) is 93.7 cm³/mol. The van der Waals surface area contributed by atoms with Gasteiger partial charge in [0, 0.05) is 40.2 Å². The maximum Gasteiger partial charge on any atom is 0.123 e. The van der Waals surface area contributed by atoms with Gasteiger partial charge in [-0.25, -0.2) is 0 Å². The molecule has 2 aromatic carbocycles. The van der Waals surface area contributed by atoms with Crippen LogP contribution in [0.4, 0.5) is 5.69 Å². The zero-order valence-corrected chi connectivity index (χ0v) is 13.3. The van der Waals surface area contributed by atoms with Crippen LogP contribution in [0.15, 0.2) is 36.4 Å². The van der Waals surface area contributed by atoms with E-state index in [1.165, 1.54) is 11.1 Å². The van der Waals surface area contributed by atoms with Gasteiger partial charge in [-0.15, -0.1) is 0 Å². The molecule has 21 heavy (non-hydrogen) atoms. The minimum Gasteiger partial charge on any atom is -0.384 e. The van der Waals surface area contributed by atoms with E-state index >= 15 is 0 Å². The third-order valence-corrected chi connectivity index (χ3v) is 5.72. The highest BCUT2D eigenvalue weighted by Gasteiger charge is 2.26. The van der Waals surface area contributed by atoms with Crippen LogP contribution in [0.2, 0.25) is 0 Å². The first-order valence-corrected chi connectivity index (χ1v) is 8.39. The summed E-state index contributed by atoms with van der Waals surface area (Å²) in [5.74, 6) is 1.29. The normalized spacial score (nSPS) is 22.5. The molecule has 0 aromatic heterocycles. The Morgan fingerprint density at radius 3 is 2.62 bits per heavy atom. The first kappa shape index (κ1) is 14.3. The van der Waals surface area contributed by atoms with E-state index in [-0.39, 0.29) is 5.84 Å². The maximum atomic E-state index is 7.76. The van der Waals surface area contributed by atoms with E-state index < -0.39 is 0 Å². The summed E-state index contributed by atoms with van der Waals surface area (Å²) in [6.07, 6.45) is 0. The summed E-state index contributed by atoms with van der Waals surface area (Å²) in [7, 11) is 0. The second-order valence-corrected chi connectivity index (χ2v) is 7.09. The lowest BCUT2D eigenvalue weighted by Gasteiger charge is -2.40. The number of amidine groups is 1. The number of nitrogen functional groups attached to an aromatic ring is 1. The molecule has 1 aliphatic heterocycles. The molecule has 1 aliphatic rings. The summed E-state index contributed by atoms with van der Waals surface area (Å²) < 4.78 is 0. The lowest BCUT2D eigenvalue weighted by molar-refractivity contribution is 0.629. The van der Waals surface area contributed by atoms with Gasteiger partial charge in [0.05, 0.1) is 0 Å². The van der Waals surface area contributed by atoms with Crippen molar-refractivity contribution >= 4 is 34.1 Å². The van der Waals surface area contributed by atoms with Crippen molar-refractivity contribution in [1.29, 1.82) is 5.41 Å². The topological polar surface area (TPSA) is 53.1 Å². The second-order valence-electron chi connectivity index (χ2n) is 5.60. The number of hydrogen-bond acceptors (Lipinski definition) is 3. The molecule has 0 spiro atoms. The van der Waals surface area contributed by atoms with Crippen LogP contribution in [0.5, 0.6) is 0 Å². The van der Waals surface area contributed by atoms with Gasteiger partial charge in [-0.3, -0.25) is 5.41 Å². The van der Waals surface area contributed by atoms with Crippen LogP contribution in [0, 0.1) is 5.41 Å². The van der Waals surface area contributed by atoms with E-state index in [1.54, 1.807) is 0 Å². The van der Waals surface area contributed by atoms with Crippen molar-refractivity contribution in [1.82, 2.24) is 0 Å². The molecule has 0 bridgehead atoms. The first-order valence-electron chi connectivity index (χ1n) is 7.34. The van der Waals surface area contributed by atoms with Gasteiger partial charge in [0.15, 0.2) is 0 Å². The third-order valence-electron chi connectivity index (χ3n) is 4.38. The van der Waals surface area contributed by atoms with Crippen LogP contribution in [-0.2, 0) is 0 Å². The summed E-state index contributed by atoms with van der Waals surface area (Å²) in [6.45, 7) is 5.66. The molecule has 3 N–H and O–H groups in total. The van der Waals surface area contributed by atoms with Crippen molar-refractivity contribution in [2.24, 2.45) is 5.73 Å². The van der Waals surface area contributed by atoms with Gasteiger partial charge < -0.3 is 10.6 Å². The average Bonchev–Trinajstić information content (AvgIpc) is 2.49. The average molecular weight is 299 g/mol. The Hall–Kier alpha value is -1.68. The maximum absolute atomic E-state index is 7.76. The smallest absolute Gasteiger partial charge is 0.123 e. The Morgan fingerprint density at radius 1 is 1.19 bits per heavy atom. The number of anilines is 1. The summed E-state index contributed by atoms with van der Waals surface area (Å²) in [5, 5.41) is 10.7. The van der Waals surface area contributed by atoms with Crippen LogP contribution in [-0.4, -0.2) is 29.4 Å². The molecule has 0 amide bonds. The SMILES string of the molecule is CC1SCCN(c2ccc(C(=N)N)c3ccccc23)C1C. The highest BCUT2D eigenvalue weighted by Crippen LogP contribution is 2.35. The molecule has 1 saturated heterocycles. The first-order chi connectivity index (χ1) is 10.1. The minimum atomic E-state index is 0.133. The number of benzene rings is 2. The standard InChI is InChI=1S/C17H21N3S/c1-11-12(2)21-10-9-20(11)16-8-7-15(17(18)19)13-5-3-4-6-14(13)16/h3-8,11-12H,9-10H2,1-2H3,(H3,18,19). The molecular weight excluding hydrogens is 278 g/mol. The van der Waals surface area contributed by atoms with E-state index in [2.05, 4.69) is 43.0 Å². The van der Waals surface area contributed by atoms with Crippen molar-refractivity contribution in [3.8, 4) is 0 Å². The highest BCUT2D eigenvalue weighted by molar-refractivity contribution is 8.00. The van der Waals surface area contributed by atoms with Crippen LogP contribution in [0.3, 0.4) is 0 Å². The van der Waals surface area contributed by atoms with Crippen LogP contribution in [0.1, 0.15) is 19.4 Å². The monoisotopic (exact) mass is 299 g/mol. The predicted octanol–water partition coefficient (Wildman–Crippen LogP) is 3.45. The lowest BCUT2D eigenvalue weighted by Crippen LogP contribution is -2.44. The van der Waals surface area contributed by atoms with Gasteiger partial charge in [-0.2, -0.15) is 11.8 Å². The Bertz CT molecular complexity index is 683. The molecule has 3 nitrogen and oxygen atoms in total. The summed E-state index contributed by atoms with van der Waals surface area (Å²) in [5.41, 5.74) is 7.80. The van der Waals surface area contributed by atoms with Gasteiger partial charge in [0.2, 0.25) is 0 Å². The minimum absolute atomic E-state index is 0.133. The molecule has 0 radical (unpaired) electrons. The molecule has 0 aliphatic carbocycles. The number of nitrogens with zero attached hydrogens (tertiary/aromatic N) is 1. The van der Waals surface area contributed by atoms with E-state index in [1.807, 2.05) is 23.9 Å². The van der Waals surface area contributed by atoms with Gasteiger partial charge >= 0.3 is 0 Å². The second kappa shape index (κ2) is 5.60. The van der Waals surface area contributed by atoms with Crippen molar-refractivity contribution in [3.05, 3.63) is 42.0 Å². The molecule has 3 rings (SSSR count). The molecule has 0 saturated carbocycles. The zero-order chi connectivity index (χ0) is 15.0. The molecule has 2 unspecified atom stereocenters. The summed E-state index contributed by atoms with van der Waals surface area (Å²) in [4.78, 5) is 2.49. The molecule has 4 heteroatoms. The number of nitrogens with two attached hydrogens (primary N) is 1. The molecule has 2 atom stereocenters. The number of nitrogens with one attached hydrogen (secondary N) is 1. The van der Waals surface area contributed by atoms with Crippen molar-refractivity contribution in [3.63, 3.8) is 0 Å². The van der Waals surface area contributed by atoms with Crippen LogP contribution in [0.25, 0.3) is 10.8 Å². The van der Waals surface area contributed by atoms with Crippen LogP contribution < -0.4 is 10.6 Å². The van der Waals surface area contributed by atoms with Gasteiger partial charge in [0.1, 0.15) is 5.84 Å². The lowest BCUT2D eigenvalue weighted by atomic mass is 10.0. The fraction of sp³-hybridized carbons (Fsp3) is 0.353. The number of hydrogen-bond donors (Lipinski definition) is 2. The molecule has 1 fully saturated rings. The molecule has 110 valence electrons. The Labute approximate surface area is 130 Å². The summed E-state index contributed by atoms with van der Waals surface area (Å²) in [6, 6.07) is 12.9. The Morgan fingerprint density at radius 2 is 1.90 bits per heavy atom. The number of thioether (sulfide) groups is 1. The number of fused-ring (bicyclic) bond motifs is 1. The van der Waals surface area contributed by atoms with E-state index in [9.17, 15) is 0 Å². The third kappa shape index (κ3) is 2.48.